The molecule has 1 saturated heterocycles. The summed E-state index contributed by atoms with van der Waals surface area (Å²) in [5.41, 5.74) is 1.10. The van der Waals surface area contributed by atoms with E-state index in [1.807, 2.05) is 13.1 Å². The number of nitrogens with one attached hydrogen (secondary N) is 1. The molecule has 1 aromatic carbocycles. The molecule has 3 heteroatoms. The molecular weight excluding hydrogens is 253 g/mol. The van der Waals surface area contributed by atoms with Crippen molar-refractivity contribution in [2.24, 2.45) is 5.92 Å². The van der Waals surface area contributed by atoms with Crippen molar-refractivity contribution in [1.82, 2.24) is 5.32 Å². The van der Waals surface area contributed by atoms with Gasteiger partial charge in [-0.15, -0.1) is 0 Å². The van der Waals surface area contributed by atoms with Crippen LogP contribution in [0.3, 0.4) is 0 Å². The normalized spacial score (nSPS) is 20.2. The Morgan fingerprint density at radius 2 is 2.35 bits per heavy atom. The maximum absolute atomic E-state index is 13.2. The predicted octanol–water partition coefficient (Wildman–Crippen LogP) is 3.55. The smallest absolute Gasteiger partial charge is 0.123 e. The van der Waals surface area contributed by atoms with Crippen LogP contribution < -0.4 is 5.32 Å². The molecule has 1 aromatic rings. The van der Waals surface area contributed by atoms with Gasteiger partial charge in [0.05, 0.1) is 6.10 Å². The van der Waals surface area contributed by atoms with Gasteiger partial charge in [0.2, 0.25) is 0 Å². The van der Waals surface area contributed by atoms with Crippen molar-refractivity contribution in [3.05, 3.63) is 35.6 Å². The van der Waals surface area contributed by atoms with Crippen LogP contribution in [0, 0.1) is 11.7 Å². The van der Waals surface area contributed by atoms with Gasteiger partial charge in [-0.1, -0.05) is 18.6 Å². The molecule has 1 N–H and O–H groups in total. The van der Waals surface area contributed by atoms with Crippen LogP contribution in [-0.2, 0) is 11.2 Å². The molecule has 1 aliphatic heterocycles. The van der Waals surface area contributed by atoms with Crippen LogP contribution in [0.25, 0.3) is 0 Å². The van der Waals surface area contributed by atoms with Crippen molar-refractivity contribution in [3.8, 4) is 0 Å². The molecule has 2 rings (SSSR count). The quantitative estimate of drug-likeness (QED) is 0.785. The third-order valence-electron chi connectivity index (χ3n) is 4.07. The third kappa shape index (κ3) is 5.22. The van der Waals surface area contributed by atoms with E-state index in [4.69, 9.17) is 4.74 Å². The van der Waals surface area contributed by atoms with E-state index in [0.717, 1.165) is 25.1 Å². The van der Waals surface area contributed by atoms with Gasteiger partial charge >= 0.3 is 0 Å². The van der Waals surface area contributed by atoms with Gasteiger partial charge in [0, 0.05) is 6.61 Å². The second-order valence-electron chi connectivity index (χ2n) is 5.82. The van der Waals surface area contributed by atoms with Gasteiger partial charge in [0.25, 0.3) is 0 Å². The van der Waals surface area contributed by atoms with Crippen LogP contribution in [-0.4, -0.2) is 26.3 Å². The minimum atomic E-state index is -0.134. The first-order chi connectivity index (χ1) is 9.78. The highest BCUT2D eigenvalue weighted by Gasteiger charge is 2.16. The Morgan fingerprint density at radius 1 is 1.45 bits per heavy atom. The minimum absolute atomic E-state index is 0.134. The van der Waals surface area contributed by atoms with Crippen molar-refractivity contribution in [2.45, 2.75) is 44.6 Å². The topological polar surface area (TPSA) is 21.3 Å². The highest BCUT2D eigenvalue weighted by Crippen LogP contribution is 2.21. The van der Waals surface area contributed by atoms with E-state index >= 15 is 0 Å². The van der Waals surface area contributed by atoms with Crippen LogP contribution in [0.2, 0.25) is 0 Å². The molecule has 1 aliphatic rings. The second kappa shape index (κ2) is 8.38. The number of ether oxygens (including phenoxy) is 1. The summed E-state index contributed by atoms with van der Waals surface area (Å²) in [7, 11) is 1.98. The Kier molecular flexibility index (Phi) is 6.48. The number of hydrogen-bond acceptors (Lipinski definition) is 2. The maximum atomic E-state index is 13.2. The van der Waals surface area contributed by atoms with Crippen LogP contribution in [0.4, 0.5) is 4.39 Å². The first-order valence-corrected chi connectivity index (χ1v) is 7.78. The Morgan fingerprint density at radius 3 is 3.05 bits per heavy atom. The largest absolute Gasteiger partial charge is 0.378 e. The molecule has 0 amide bonds. The van der Waals surface area contributed by atoms with Gasteiger partial charge in [-0.2, -0.15) is 0 Å². The standard InChI is InChI=1S/C17H26FNO/c1-19-13-15(6-3-8-17-9-4-10-20-17)11-14-5-2-7-16(18)12-14/h2,5,7,12,15,17,19H,3-4,6,8-11,13H2,1H3. The van der Waals surface area contributed by atoms with Crippen LogP contribution in [0.5, 0.6) is 0 Å². The molecule has 2 atom stereocenters. The predicted molar refractivity (Wildman–Crippen MR) is 80.3 cm³/mol. The highest BCUT2D eigenvalue weighted by molar-refractivity contribution is 5.16. The molecule has 0 aliphatic carbocycles. The molecule has 112 valence electrons. The summed E-state index contributed by atoms with van der Waals surface area (Å²) in [5, 5.41) is 3.26. The molecule has 0 bridgehead atoms. The fourth-order valence-electron chi connectivity index (χ4n) is 3.07. The zero-order chi connectivity index (χ0) is 14.2. The maximum Gasteiger partial charge on any atom is 0.123 e. The molecule has 0 spiro atoms. The Hall–Kier alpha value is -0.930. The summed E-state index contributed by atoms with van der Waals surface area (Å²) in [5.74, 6) is 0.438. The van der Waals surface area contributed by atoms with E-state index in [1.54, 1.807) is 12.1 Å². The van der Waals surface area contributed by atoms with E-state index in [2.05, 4.69) is 5.32 Å². The number of benzene rings is 1. The molecule has 0 saturated carbocycles. The summed E-state index contributed by atoms with van der Waals surface area (Å²) in [4.78, 5) is 0. The summed E-state index contributed by atoms with van der Waals surface area (Å²) in [6.07, 6.45) is 7.42. The van der Waals surface area contributed by atoms with Crippen LogP contribution in [0.1, 0.15) is 37.7 Å². The van der Waals surface area contributed by atoms with Crippen molar-refractivity contribution in [3.63, 3.8) is 0 Å². The van der Waals surface area contributed by atoms with Crippen LogP contribution in [0.15, 0.2) is 24.3 Å². The average Bonchev–Trinajstić information content (AvgIpc) is 2.92. The SMILES string of the molecule is CNCC(CCCC1CCCO1)Cc1cccc(F)c1. The zero-order valence-electron chi connectivity index (χ0n) is 12.4. The summed E-state index contributed by atoms with van der Waals surface area (Å²) >= 11 is 0. The molecule has 1 fully saturated rings. The van der Waals surface area contributed by atoms with Crippen molar-refractivity contribution >= 4 is 0 Å². The summed E-state index contributed by atoms with van der Waals surface area (Å²) in [6, 6.07) is 6.98. The van der Waals surface area contributed by atoms with E-state index in [-0.39, 0.29) is 5.82 Å². The van der Waals surface area contributed by atoms with Crippen molar-refractivity contribution < 1.29 is 9.13 Å². The van der Waals surface area contributed by atoms with E-state index in [0.29, 0.717) is 12.0 Å². The van der Waals surface area contributed by atoms with Gasteiger partial charge in [-0.05, 0) is 69.3 Å². The van der Waals surface area contributed by atoms with Crippen LogP contribution >= 0.6 is 0 Å². The molecule has 1 heterocycles. The molecule has 20 heavy (non-hydrogen) atoms. The van der Waals surface area contributed by atoms with Gasteiger partial charge < -0.3 is 10.1 Å². The van der Waals surface area contributed by atoms with E-state index < -0.39 is 0 Å². The van der Waals surface area contributed by atoms with Gasteiger partial charge in [0.15, 0.2) is 0 Å². The molecule has 0 aromatic heterocycles. The number of rotatable bonds is 8. The zero-order valence-corrected chi connectivity index (χ0v) is 12.4. The van der Waals surface area contributed by atoms with Gasteiger partial charge in [0.1, 0.15) is 5.82 Å². The Balaban J connectivity index is 1.77. The first-order valence-electron chi connectivity index (χ1n) is 7.78. The molecule has 2 unspecified atom stereocenters. The van der Waals surface area contributed by atoms with Crippen molar-refractivity contribution in [1.29, 1.82) is 0 Å². The third-order valence-corrected chi connectivity index (χ3v) is 4.07. The lowest BCUT2D eigenvalue weighted by Crippen LogP contribution is -2.21. The molecule has 0 radical (unpaired) electrons. The second-order valence-corrected chi connectivity index (χ2v) is 5.82. The van der Waals surface area contributed by atoms with E-state index in [9.17, 15) is 4.39 Å². The monoisotopic (exact) mass is 279 g/mol. The summed E-state index contributed by atoms with van der Waals surface area (Å²) in [6.45, 7) is 1.93. The lowest BCUT2D eigenvalue weighted by atomic mass is 9.93. The number of hydrogen-bond donors (Lipinski definition) is 1. The Labute approximate surface area is 121 Å². The lowest BCUT2D eigenvalue weighted by Gasteiger charge is -2.18. The van der Waals surface area contributed by atoms with Gasteiger partial charge in [-0.3, -0.25) is 0 Å². The van der Waals surface area contributed by atoms with Crippen molar-refractivity contribution in [2.75, 3.05) is 20.2 Å². The average molecular weight is 279 g/mol. The summed E-state index contributed by atoms with van der Waals surface area (Å²) < 4.78 is 18.9. The Bertz CT molecular complexity index is 390. The minimum Gasteiger partial charge on any atom is -0.378 e. The van der Waals surface area contributed by atoms with E-state index in [1.165, 1.54) is 38.2 Å². The first kappa shape index (κ1) is 15.5. The fraction of sp³-hybridized carbons (Fsp3) is 0.647. The fourth-order valence-corrected chi connectivity index (χ4v) is 3.07. The number of halogens is 1. The lowest BCUT2D eigenvalue weighted by molar-refractivity contribution is 0.101. The van der Waals surface area contributed by atoms with Gasteiger partial charge in [-0.25, -0.2) is 4.39 Å². The highest BCUT2D eigenvalue weighted by atomic mass is 19.1. The molecule has 2 nitrogen and oxygen atoms in total. The molecular formula is C17H26FNO.